The molecule has 0 saturated heterocycles. The van der Waals surface area contributed by atoms with E-state index < -0.39 is 5.54 Å². The summed E-state index contributed by atoms with van der Waals surface area (Å²) in [5, 5.41) is 0. The minimum absolute atomic E-state index is 0.0665. The number of benzene rings is 1. The number of aldehydes is 1. The highest BCUT2D eigenvalue weighted by Gasteiger charge is 2.28. The van der Waals surface area contributed by atoms with Crippen molar-refractivity contribution in [2.45, 2.75) is 45.3 Å². The Morgan fingerprint density at radius 3 is 2.64 bits per heavy atom. The normalized spacial score (nSPS) is 18.8. The molecule has 5 heteroatoms. The highest BCUT2D eigenvalue weighted by atomic mass is 16.7. The molecule has 0 spiro atoms. The number of ether oxygens (including phenoxy) is 3. The van der Waals surface area contributed by atoms with E-state index in [1.807, 2.05) is 25.1 Å². The van der Waals surface area contributed by atoms with Gasteiger partial charge in [-0.05, 0) is 37.5 Å². The molecule has 0 bridgehead atoms. The smallest absolute Gasteiger partial charge is 0.231 e. The molecule has 0 aliphatic carbocycles. The number of carbonyl (C=O) groups excluding carboxylic acids is 1. The highest BCUT2D eigenvalue weighted by Crippen LogP contribution is 2.38. The molecule has 0 fully saturated rings. The predicted octanol–water partition coefficient (Wildman–Crippen LogP) is 2.48. The molecule has 0 aromatic heterocycles. The highest BCUT2D eigenvalue weighted by molar-refractivity contribution is 5.63. The van der Waals surface area contributed by atoms with Crippen molar-refractivity contribution in [3.05, 3.63) is 23.8 Å². The van der Waals surface area contributed by atoms with Crippen molar-refractivity contribution < 1.29 is 19.0 Å². The van der Waals surface area contributed by atoms with Crippen molar-refractivity contribution in [3.8, 4) is 11.5 Å². The average Bonchev–Trinajstić information content (AvgIpc) is 2.92. The monoisotopic (exact) mass is 307 g/mol. The number of fused-ring (bicyclic) bond motifs is 1. The van der Waals surface area contributed by atoms with Crippen LogP contribution in [0.2, 0.25) is 0 Å². The fourth-order valence-corrected chi connectivity index (χ4v) is 2.77. The number of hydrogen-bond donors (Lipinski definition) is 1. The Morgan fingerprint density at radius 1 is 1.32 bits per heavy atom. The van der Waals surface area contributed by atoms with Crippen molar-refractivity contribution in [1.29, 1.82) is 0 Å². The van der Waals surface area contributed by atoms with E-state index in [4.69, 9.17) is 19.9 Å². The Balaban J connectivity index is 2.14. The SMILES string of the molecule is CC(C)[C@@H](c1ccc2c(c1)OCO2)[C@H](C)OC[C@@](C)(N)C=O. The maximum atomic E-state index is 10.9. The van der Waals surface area contributed by atoms with Gasteiger partial charge >= 0.3 is 0 Å². The van der Waals surface area contributed by atoms with Gasteiger partial charge in [-0.3, -0.25) is 0 Å². The van der Waals surface area contributed by atoms with Crippen molar-refractivity contribution >= 4 is 6.29 Å². The summed E-state index contributed by atoms with van der Waals surface area (Å²) in [5.41, 5.74) is 6.01. The van der Waals surface area contributed by atoms with Crippen LogP contribution in [0.4, 0.5) is 0 Å². The van der Waals surface area contributed by atoms with E-state index >= 15 is 0 Å². The predicted molar refractivity (Wildman–Crippen MR) is 84.2 cm³/mol. The van der Waals surface area contributed by atoms with Crippen LogP contribution in [0.15, 0.2) is 18.2 Å². The van der Waals surface area contributed by atoms with Crippen LogP contribution in [0.1, 0.15) is 39.2 Å². The summed E-state index contributed by atoms with van der Waals surface area (Å²) >= 11 is 0. The van der Waals surface area contributed by atoms with E-state index in [9.17, 15) is 4.79 Å². The van der Waals surface area contributed by atoms with Crippen LogP contribution in [-0.4, -0.2) is 31.3 Å². The quantitative estimate of drug-likeness (QED) is 0.784. The Kier molecular flexibility index (Phi) is 5.08. The van der Waals surface area contributed by atoms with Gasteiger partial charge in [0.15, 0.2) is 11.5 Å². The first-order chi connectivity index (χ1) is 10.3. The molecule has 2 N–H and O–H groups in total. The van der Waals surface area contributed by atoms with Crippen LogP contribution in [-0.2, 0) is 9.53 Å². The molecule has 0 unspecified atom stereocenters. The third-order valence-corrected chi connectivity index (χ3v) is 3.93. The first kappa shape index (κ1) is 16.8. The number of nitrogens with two attached hydrogens (primary N) is 1. The van der Waals surface area contributed by atoms with E-state index in [2.05, 4.69) is 13.8 Å². The number of hydrogen-bond acceptors (Lipinski definition) is 5. The largest absolute Gasteiger partial charge is 0.454 e. The molecule has 1 aliphatic heterocycles. The minimum Gasteiger partial charge on any atom is -0.454 e. The minimum atomic E-state index is -0.954. The third-order valence-electron chi connectivity index (χ3n) is 3.93. The van der Waals surface area contributed by atoms with E-state index in [1.54, 1.807) is 6.92 Å². The summed E-state index contributed by atoms with van der Waals surface area (Å²) in [4.78, 5) is 10.9. The van der Waals surface area contributed by atoms with E-state index in [0.717, 1.165) is 23.3 Å². The van der Waals surface area contributed by atoms with Gasteiger partial charge in [-0.15, -0.1) is 0 Å². The summed E-state index contributed by atoms with van der Waals surface area (Å²) in [6, 6.07) is 5.98. The molecule has 5 nitrogen and oxygen atoms in total. The second-order valence-electron chi connectivity index (χ2n) is 6.52. The molecular weight excluding hydrogens is 282 g/mol. The fourth-order valence-electron chi connectivity index (χ4n) is 2.77. The molecule has 3 atom stereocenters. The maximum Gasteiger partial charge on any atom is 0.231 e. The Labute approximate surface area is 131 Å². The lowest BCUT2D eigenvalue weighted by molar-refractivity contribution is -0.114. The zero-order chi connectivity index (χ0) is 16.3. The topological polar surface area (TPSA) is 70.8 Å². The average molecular weight is 307 g/mol. The maximum absolute atomic E-state index is 10.9. The molecule has 0 amide bonds. The van der Waals surface area contributed by atoms with Gasteiger partial charge in [0, 0.05) is 5.92 Å². The first-order valence-corrected chi connectivity index (χ1v) is 7.60. The lowest BCUT2D eigenvalue weighted by Gasteiger charge is -2.30. The lowest BCUT2D eigenvalue weighted by atomic mass is 9.84. The molecule has 1 heterocycles. The zero-order valence-electron chi connectivity index (χ0n) is 13.7. The van der Waals surface area contributed by atoms with Crippen LogP contribution in [0, 0.1) is 5.92 Å². The molecule has 0 radical (unpaired) electrons. The zero-order valence-corrected chi connectivity index (χ0v) is 13.7. The van der Waals surface area contributed by atoms with Crippen LogP contribution in [0.5, 0.6) is 11.5 Å². The van der Waals surface area contributed by atoms with Crippen molar-refractivity contribution in [2.75, 3.05) is 13.4 Å². The van der Waals surface area contributed by atoms with Crippen LogP contribution in [0.25, 0.3) is 0 Å². The van der Waals surface area contributed by atoms with E-state index in [-0.39, 0.29) is 25.4 Å². The molecule has 1 aromatic rings. The summed E-state index contributed by atoms with van der Waals surface area (Å²) < 4.78 is 16.7. The van der Waals surface area contributed by atoms with Crippen molar-refractivity contribution in [1.82, 2.24) is 0 Å². The molecular formula is C17H25NO4. The molecule has 2 rings (SSSR count). The van der Waals surface area contributed by atoms with Gasteiger partial charge in [-0.2, -0.15) is 0 Å². The summed E-state index contributed by atoms with van der Waals surface area (Å²) in [6.07, 6.45) is 0.660. The Bertz CT molecular complexity index is 527. The molecule has 22 heavy (non-hydrogen) atoms. The molecule has 0 saturated carbocycles. The standard InChI is InChI=1S/C17H25NO4/c1-11(2)16(12(3)20-9-17(4,18)8-19)13-5-6-14-15(7-13)22-10-21-14/h5-8,11-12,16H,9-10,18H2,1-4H3/t12-,16+,17-/m0/s1. The molecule has 1 aromatic carbocycles. The fraction of sp³-hybridized carbons (Fsp3) is 0.588. The van der Waals surface area contributed by atoms with Crippen molar-refractivity contribution in [3.63, 3.8) is 0 Å². The second kappa shape index (κ2) is 6.67. The van der Waals surface area contributed by atoms with Gasteiger partial charge < -0.3 is 24.7 Å². The third kappa shape index (κ3) is 3.78. The molecule has 122 valence electrons. The summed E-state index contributed by atoms with van der Waals surface area (Å²) in [7, 11) is 0. The van der Waals surface area contributed by atoms with E-state index in [1.165, 1.54) is 0 Å². The lowest BCUT2D eigenvalue weighted by Crippen LogP contribution is -2.44. The van der Waals surface area contributed by atoms with Crippen LogP contribution >= 0.6 is 0 Å². The van der Waals surface area contributed by atoms with E-state index in [0.29, 0.717) is 5.92 Å². The number of rotatable bonds is 7. The first-order valence-electron chi connectivity index (χ1n) is 7.60. The molecule has 1 aliphatic rings. The van der Waals surface area contributed by atoms with Gasteiger partial charge in [-0.1, -0.05) is 19.9 Å². The van der Waals surface area contributed by atoms with Gasteiger partial charge in [0.25, 0.3) is 0 Å². The van der Waals surface area contributed by atoms with Gasteiger partial charge in [0.1, 0.15) is 6.29 Å². The van der Waals surface area contributed by atoms with Crippen LogP contribution in [0.3, 0.4) is 0 Å². The number of carbonyl (C=O) groups is 1. The Hall–Kier alpha value is -1.59. The summed E-state index contributed by atoms with van der Waals surface area (Å²) in [6.45, 7) is 8.44. The van der Waals surface area contributed by atoms with Gasteiger partial charge in [0.2, 0.25) is 6.79 Å². The Morgan fingerprint density at radius 2 is 2.00 bits per heavy atom. The van der Waals surface area contributed by atoms with Gasteiger partial charge in [-0.25, -0.2) is 0 Å². The van der Waals surface area contributed by atoms with Gasteiger partial charge in [0.05, 0.1) is 18.2 Å². The summed E-state index contributed by atoms with van der Waals surface area (Å²) in [5.74, 6) is 2.09. The second-order valence-corrected chi connectivity index (χ2v) is 6.52. The van der Waals surface area contributed by atoms with Crippen LogP contribution < -0.4 is 15.2 Å². The van der Waals surface area contributed by atoms with Crippen molar-refractivity contribution in [2.24, 2.45) is 11.7 Å².